The zero-order chi connectivity index (χ0) is 18.3. The molecule has 0 radical (unpaired) electrons. The van der Waals surface area contributed by atoms with Crippen molar-refractivity contribution in [1.82, 2.24) is 4.57 Å². The van der Waals surface area contributed by atoms with E-state index < -0.39 is 0 Å². The number of rotatable bonds is 2. The molecule has 0 saturated heterocycles. The van der Waals surface area contributed by atoms with E-state index in [-0.39, 0.29) is 5.91 Å². The van der Waals surface area contributed by atoms with Gasteiger partial charge in [-0.25, -0.2) is 0 Å². The number of fused-ring (bicyclic) bond motifs is 3. The van der Waals surface area contributed by atoms with Gasteiger partial charge in [-0.3, -0.25) is 4.79 Å². The monoisotopic (exact) mass is 360 g/mol. The highest BCUT2D eigenvalue weighted by Gasteiger charge is 2.11. The van der Waals surface area contributed by atoms with Crippen LogP contribution in [0.3, 0.4) is 0 Å². The molecular formula is C22H20N2OS. The van der Waals surface area contributed by atoms with E-state index in [0.717, 1.165) is 22.4 Å². The molecule has 1 amide bonds. The normalized spacial score (nSPS) is 12.2. The number of nitrogens with zero attached hydrogens (tertiary/aromatic N) is 2. The first-order chi connectivity index (χ1) is 12.6. The Balaban J connectivity index is 1.92. The molecule has 3 nitrogen and oxygen atoms in total. The lowest BCUT2D eigenvalue weighted by molar-refractivity contribution is 0.0998. The lowest BCUT2D eigenvalue weighted by atomic mass is 10.1. The molecule has 0 N–H and O–H groups in total. The summed E-state index contributed by atoms with van der Waals surface area (Å²) < 4.78 is 3.29. The van der Waals surface area contributed by atoms with Gasteiger partial charge in [0, 0.05) is 17.5 Å². The summed E-state index contributed by atoms with van der Waals surface area (Å²) in [5.74, 6) is -0.189. The van der Waals surface area contributed by atoms with Crippen LogP contribution in [0, 0.1) is 13.8 Å². The average molecular weight is 360 g/mol. The summed E-state index contributed by atoms with van der Waals surface area (Å²) in [4.78, 5) is 17.9. The van der Waals surface area contributed by atoms with Crippen LogP contribution in [0.2, 0.25) is 0 Å². The topological polar surface area (TPSA) is 34.4 Å². The summed E-state index contributed by atoms with van der Waals surface area (Å²) in [7, 11) is 0. The first kappa shape index (κ1) is 16.7. The van der Waals surface area contributed by atoms with E-state index in [1.54, 1.807) is 11.3 Å². The van der Waals surface area contributed by atoms with Crippen LogP contribution in [0.25, 0.3) is 21.0 Å². The van der Waals surface area contributed by atoms with Gasteiger partial charge in [-0.1, -0.05) is 47.7 Å². The van der Waals surface area contributed by atoms with Crippen LogP contribution in [-0.2, 0) is 6.54 Å². The second-order valence-electron chi connectivity index (χ2n) is 6.48. The first-order valence-corrected chi connectivity index (χ1v) is 9.57. The third-order valence-corrected chi connectivity index (χ3v) is 5.97. The molecule has 0 aliphatic rings. The molecule has 3 aromatic carbocycles. The van der Waals surface area contributed by atoms with Gasteiger partial charge in [0.1, 0.15) is 0 Å². The van der Waals surface area contributed by atoms with E-state index in [1.165, 1.54) is 21.0 Å². The third kappa shape index (κ3) is 2.76. The van der Waals surface area contributed by atoms with Crippen molar-refractivity contribution in [2.45, 2.75) is 27.3 Å². The first-order valence-electron chi connectivity index (χ1n) is 8.76. The highest BCUT2D eigenvalue weighted by Crippen LogP contribution is 2.27. The lowest BCUT2D eigenvalue weighted by Crippen LogP contribution is -2.15. The molecule has 0 saturated carbocycles. The van der Waals surface area contributed by atoms with Gasteiger partial charge in [0.15, 0.2) is 4.80 Å². The van der Waals surface area contributed by atoms with Crippen molar-refractivity contribution in [3.63, 3.8) is 0 Å². The van der Waals surface area contributed by atoms with Crippen LogP contribution >= 0.6 is 11.3 Å². The average Bonchev–Trinajstić information content (AvgIpc) is 3.01. The molecule has 4 rings (SSSR count). The minimum atomic E-state index is -0.189. The number of aromatic nitrogens is 1. The number of hydrogen-bond acceptors (Lipinski definition) is 2. The van der Waals surface area contributed by atoms with Crippen LogP contribution in [0.4, 0.5) is 0 Å². The summed E-state index contributed by atoms with van der Waals surface area (Å²) in [5.41, 5.74) is 4.05. The second-order valence-corrected chi connectivity index (χ2v) is 7.46. The van der Waals surface area contributed by atoms with Gasteiger partial charge in [-0.2, -0.15) is 4.99 Å². The Morgan fingerprint density at radius 3 is 2.62 bits per heavy atom. The SMILES string of the molecule is CCn1c(=NC(=O)c2ccc(C)c(C)c2)sc2c3ccccc3ccc21. The standard InChI is InChI=1S/C22H20N2OS/c1-4-24-19-12-11-16-7-5-6-8-18(16)20(19)26-22(24)23-21(25)17-10-9-14(2)15(3)13-17/h5-13H,4H2,1-3H3. The number of aryl methyl sites for hydroxylation is 3. The minimum absolute atomic E-state index is 0.189. The van der Waals surface area contributed by atoms with Gasteiger partial charge in [-0.15, -0.1) is 0 Å². The maximum atomic E-state index is 12.7. The Hall–Kier alpha value is -2.72. The molecule has 0 aliphatic heterocycles. The molecule has 0 atom stereocenters. The molecule has 26 heavy (non-hydrogen) atoms. The van der Waals surface area contributed by atoms with Crippen LogP contribution in [-0.4, -0.2) is 10.5 Å². The minimum Gasteiger partial charge on any atom is -0.317 e. The van der Waals surface area contributed by atoms with Crippen molar-refractivity contribution in [3.05, 3.63) is 76.1 Å². The fourth-order valence-electron chi connectivity index (χ4n) is 3.22. The van der Waals surface area contributed by atoms with Crippen molar-refractivity contribution in [2.24, 2.45) is 4.99 Å². The smallest absolute Gasteiger partial charge is 0.279 e. The summed E-state index contributed by atoms with van der Waals surface area (Å²) in [6.07, 6.45) is 0. The second kappa shape index (κ2) is 6.54. The van der Waals surface area contributed by atoms with Crippen LogP contribution in [0.1, 0.15) is 28.4 Å². The highest BCUT2D eigenvalue weighted by molar-refractivity contribution is 7.17. The number of amides is 1. The van der Waals surface area contributed by atoms with Gasteiger partial charge in [0.2, 0.25) is 0 Å². The van der Waals surface area contributed by atoms with Gasteiger partial charge in [0.05, 0.1) is 10.2 Å². The number of carbonyl (C=O) groups excluding carboxylic acids is 1. The maximum Gasteiger partial charge on any atom is 0.279 e. The Bertz CT molecular complexity index is 1210. The van der Waals surface area contributed by atoms with Crippen molar-refractivity contribution in [3.8, 4) is 0 Å². The van der Waals surface area contributed by atoms with Crippen molar-refractivity contribution in [1.29, 1.82) is 0 Å². The predicted octanol–water partition coefficient (Wildman–Crippen LogP) is 5.23. The highest BCUT2D eigenvalue weighted by atomic mass is 32.1. The van der Waals surface area contributed by atoms with Gasteiger partial charge in [0.25, 0.3) is 5.91 Å². The van der Waals surface area contributed by atoms with E-state index in [4.69, 9.17) is 0 Å². The van der Waals surface area contributed by atoms with Crippen LogP contribution in [0.15, 0.2) is 59.6 Å². The van der Waals surface area contributed by atoms with Gasteiger partial charge in [-0.05, 0) is 55.5 Å². The number of hydrogen-bond donors (Lipinski definition) is 0. The van der Waals surface area contributed by atoms with Crippen molar-refractivity contribution < 1.29 is 4.79 Å². The Morgan fingerprint density at radius 1 is 1.04 bits per heavy atom. The van der Waals surface area contributed by atoms with E-state index in [2.05, 4.69) is 46.8 Å². The Labute approximate surface area is 156 Å². The molecular weight excluding hydrogens is 340 g/mol. The summed E-state index contributed by atoms with van der Waals surface area (Å²) >= 11 is 1.58. The maximum absolute atomic E-state index is 12.7. The zero-order valence-electron chi connectivity index (χ0n) is 15.1. The third-order valence-electron chi connectivity index (χ3n) is 4.84. The molecule has 1 heterocycles. The molecule has 0 fully saturated rings. The Kier molecular flexibility index (Phi) is 4.21. The number of benzene rings is 3. The van der Waals surface area contributed by atoms with Crippen molar-refractivity contribution >= 4 is 38.2 Å². The number of carbonyl (C=O) groups is 1. The molecule has 0 bridgehead atoms. The van der Waals surface area contributed by atoms with Crippen molar-refractivity contribution in [2.75, 3.05) is 0 Å². The zero-order valence-corrected chi connectivity index (χ0v) is 15.9. The predicted molar refractivity (Wildman–Crippen MR) is 109 cm³/mol. The van der Waals surface area contributed by atoms with E-state index in [1.807, 2.05) is 38.1 Å². The molecule has 0 spiro atoms. The Morgan fingerprint density at radius 2 is 1.85 bits per heavy atom. The van der Waals surface area contributed by atoms with E-state index >= 15 is 0 Å². The molecule has 1 aromatic heterocycles. The lowest BCUT2D eigenvalue weighted by Gasteiger charge is -2.03. The van der Waals surface area contributed by atoms with Crippen LogP contribution < -0.4 is 4.80 Å². The summed E-state index contributed by atoms with van der Waals surface area (Å²) in [5, 5.41) is 2.41. The fourth-order valence-corrected chi connectivity index (χ4v) is 4.44. The molecule has 0 unspecified atom stereocenters. The quantitative estimate of drug-likeness (QED) is 0.482. The van der Waals surface area contributed by atoms with E-state index in [0.29, 0.717) is 5.56 Å². The molecule has 4 aromatic rings. The fraction of sp³-hybridized carbons (Fsp3) is 0.182. The molecule has 0 aliphatic carbocycles. The van der Waals surface area contributed by atoms with Gasteiger partial charge < -0.3 is 4.57 Å². The van der Waals surface area contributed by atoms with Gasteiger partial charge >= 0.3 is 0 Å². The number of thiazole rings is 1. The van der Waals surface area contributed by atoms with E-state index in [9.17, 15) is 4.79 Å². The summed E-state index contributed by atoms with van der Waals surface area (Å²) in [6.45, 7) is 6.92. The van der Waals surface area contributed by atoms with Crippen LogP contribution in [0.5, 0.6) is 0 Å². The largest absolute Gasteiger partial charge is 0.317 e. The molecule has 4 heteroatoms. The summed E-state index contributed by atoms with van der Waals surface area (Å²) in [6, 6.07) is 18.3. The molecule has 130 valence electrons.